The second-order valence-electron chi connectivity index (χ2n) is 10.9. The van der Waals surface area contributed by atoms with Crippen molar-refractivity contribution in [2.45, 2.75) is 58.5 Å². The largest absolute Gasteiger partial charge is 0.298 e. The Balaban J connectivity index is 0.000000247. The number of benzene rings is 4. The Labute approximate surface area is 285 Å². The first-order chi connectivity index (χ1) is 21.5. The number of Topliss-reactive ketones (excluding diaryl/α,β-unsaturated/α-hetero) is 2. The minimum absolute atomic E-state index is 0. The van der Waals surface area contributed by atoms with E-state index in [9.17, 15) is 23.2 Å². The van der Waals surface area contributed by atoms with Crippen LogP contribution in [0, 0.1) is 11.6 Å². The maximum Gasteiger partial charge on any atom is 0.163 e. The Hall–Kier alpha value is -3.37. The van der Waals surface area contributed by atoms with Crippen LogP contribution in [0.5, 0.6) is 0 Å². The molecule has 1 aliphatic rings. The summed E-state index contributed by atoms with van der Waals surface area (Å²) < 4.78 is 27.5. The minimum atomic E-state index is -0.291. The van der Waals surface area contributed by atoms with Crippen molar-refractivity contribution in [3.63, 3.8) is 0 Å². The summed E-state index contributed by atoms with van der Waals surface area (Å²) in [5.74, 6) is -0.533. The predicted molar refractivity (Wildman–Crippen MR) is 182 cm³/mol. The number of carbonyl (C=O) groups excluding carboxylic acids is 3. The second-order valence-corrected chi connectivity index (χ2v) is 12.7. The smallest absolute Gasteiger partial charge is 0.163 e. The average molecular weight is 758 g/mol. The lowest BCUT2D eigenvalue weighted by Gasteiger charge is -2.14. The molecule has 0 aromatic heterocycles. The van der Waals surface area contributed by atoms with Gasteiger partial charge in [-0.15, -0.1) is 0 Å². The highest BCUT2D eigenvalue weighted by Crippen LogP contribution is 2.33. The fourth-order valence-electron chi connectivity index (χ4n) is 4.92. The van der Waals surface area contributed by atoms with E-state index in [1.165, 1.54) is 24.3 Å². The molecule has 4 aromatic rings. The molecule has 9 heteroatoms. The van der Waals surface area contributed by atoms with Gasteiger partial charge in [0.05, 0.1) is 6.61 Å². The van der Waals surface area contributed by atoms with E-state index in [2.05, 4.69) is 31.9 Å². The summed E-state index contributed by atoms with van der Waals surface area (Å²) in [6.07, 6.45) is 2.01. The molecule has 1 saturated heterocycles. The van der Waals surface area contributed by atoms with Gasteiger partial charge in [-0.05, 0) is 77.1 Å². The van der Waals surface area contributed by atoms with E-state index in [-0.39, 0.29) is 48.6 Å². The summed E-state index contributed by atoms with van der Waals surface area (Å²) in [5.41, 5.74) is 4.40. The van der Waals surface area contributed by atoms with Gasteiger partial charge < -0.3 is 0 Å². The molecule has 0 radical (unpaired) electrons. The molecule has 4 aromatic carbocycles. The lowest BCUT2D eigenvalue weighted by molar-refractivity contribution is -0.276. The lowest BCUT2D eigenvalue weighted by atomic mass is 9.92. The quantitative estimate of drug-likeness (QED) is 0.0915. The summed E-state index contributed by atoms with van der Waals surface area (Å²) >= 11 is 6.76. The van der Waals surface area contributed by atoms with Crippen molar-refractivity contribution in [1.82, 2.24) is 0 Å². The summed E-state index contributed by atoms with van der Waals surface area (Å²) in [6.45, 7) is 4.44. The normalized spacial score (nSPS) is 15.1. The van der Waals surface area contributed by atoms with E-state index in [0.717, 1.165) is 27.6 Å². The van der Waals surface area contributed by atoms with E-state index in [0.29, 0.717) is 46.9 Å². The minimum Gasteiger partial charge on any atom is -0.298 e. The third kappa shape index (κ3) is 10.1. The van der Waals surface area contributed by atoms with Crippen molar-refractivity contribution in [2.24, 2.45) is 0 Å². The van der Waals surface area contributed by atoms with Gasteiger partial charge >= 0.3 is 0 Å². The highest BCUT2D eigenvalue weighted by atomic mass is 79.9. The van der Waals surface area contributed by atoms with Crippen molar-refractivity contribution < 1.29 is 32.9 Å². The van der Waals surface area contributed by atoms with Gasteiger partial charge in [-0.25, -0.2) is 18.6 Å². The molecule has 0 bridgehead atoms. The van der Waals surface area contributed by atoms with E-state index < -0.39 is 0 Å². The van der Waals surface area contributed by atoms with E-state index in [1.807, 2.05) is 32.0 Å². The van der Waals surface area contributed by atoms with Gasteiger partial charge in [0.25, 0.3) is 0 Å². The van der Waals surface area contributed by atoms with Crippen molar-refractivity contribution in [3.05, 3.63) is 139 Å². The molecule has 0 spiro atoms. The molecule has 1 heterocycles. The third-order valence-electron chi connectivity index (χ3n) is 7.62. The van der Waals surface area contributed by atoms with Crippen LogP contribution in [0.15, 0.2) is 93.9 Å². The number of hydrogen-bond acceptors (Lipinski definition) is 5. The maximum absolute atomic E-state index is 13.0. The Bertz CT molecular complexity index is 1640. The Morgan fingerprint density at radius 2 is 1.26 bits per heavy atom. The number of halogens is 4. The van der Waals surface area contributed by atoms with Gasteiger partial charge in [0.1, 0.15) is 17.7 Å². The van der Waals surface area contributed by atoms with Gasteiger partial charge in [-0.1, -0.05) is 89.5 Å². The topological polar surface area (TPSA) is 69.7 Å². The molecule has 1 aliphatic heterocycles. The standard InChI is InChI=1S/C19H18BrFO3.C17H14BrFO2.CH4/c1-12(13-2-5-15(21)6-3-13)10-18(22)14-4-7-17(20)16(11-14)19-8-9-23-24-19;1-11(12-2-5-15(19)6-3-12)8-17(21)13-4-7-16(18)14(9-13)10-20;/h2-7,11-12,19H,8-10H2,1H3;2-7,9-11H,8H2,1H3;1H4/t12-,19?;11-;/m00./s1. The van der Waals surface area contributed by atoms with Crippen LogP contribution in [0.2, 0.25) is 0 Å². The summed E-state index contributed by atoms with van der Waals surface area (Å²) in [7, 11) is 0. The van der Waals surface area contributed by atoms with Gasteiger partial charge in [0, 0.05) is 44.9 Å². The molecular formula is C37H36Br2F2O5. The van der Waals surface area contributed by atoms with Crippen molar-refractivity contribution in [1.29, 1.82) is 0 Å². The number of aldehydes is 1. The number of hydrogen-bond donors (Lipinski definition) is 0. The Morgan fingerprint density at radius 1 is 0.783 bits per heavy atom. The highest BCUT2D eigenvalue weighted by Gasteiger charge is 2.23. The average Bonchev–Trinajstić information content (AvgIpc) is 3.57. The molecule has 0 N–H and O–H groups in total. The molecule has 0 saturated carbocycles. The van der Waals surface area contributed by atoms with Crippen molar-refractivity contribution in [3.8, 4) is 0 Å². The fraction of sp³-hybridized carbons (Fsp3) is 0.270. The number of rotatable bonds is 10. The van der Waals surface area contributed by atoms with Crippen LogP contribution in [0.25, 0.3) is 0 Å². The molecule has 3 atom stereocenters. The first-order valence-corrected chi connectivity index (χ1v) is 16.0. The highest BCUT2D eigenvalue weighted by molar-refractivity contribution is 9.10. The zero-order valence-electron chi connectivity index (χ0n) is 24.8. The predicted octanol–water partition coefficient (Wildman–Crippen LogP) is 10.8. The third-order valence-corrected chi connectivity index (χ3v) is 9.06. The molecular weight excluding hydrogens is 722 g/mol. The molecule has 5 rings (SSSR count). The molecule has 0 amide bonds. The van der Waals surface area contributed by atoms with E-state index in [1.54, 1.807) is 42.5 Å². The zero-order chi connectivity index (χ0) is 32.5. The fourth-order valence-corrected chi connectivity index (χ4v) is 5.76. The van der Waals surface area contributed by atoms with E-state index >= 15 is 0 Å². The molecule has 1 fully saturated rings. The van der Waals surface area contributed by atoms with Crippen LogP contribution in [0.1, 0.15) is 106 Å². The molecule has 46 heavy (non-hydrogen) atoms. The maximum atomic E-state index is 13.0. The van der Waals surface area contributed by atoms with Gasteiger partial charge in [-0.2, -0.15) is 0 Å². The van der Waals surface area contributed by atoms with Crippen LogP contribution in [0.3, 0.4) is 0 Å². The number of ketones is 2. The molecule has 0 aliphatic carbocycles. The van der Waals surface area contributed by atoms with E-state index in [4.69, 9.17) is 9.78 Å². The van der Waals surface area contributed by atoms with Crippen molar-refractivity contribution >= 4 is 49.7 Å². The second kappa shape index (κ2) is 17.5. The Morgan fingerprint density at radius 3 is 1.72 bits per heavy atom. The van der Waals surface area contributed by atoms with Gasteiger partial charge in [-0.3, -0.25) is 14.4 Å². The zero-order valence-corrected chi connectivity index (χ0v) is 27.9. The lowest BCUT2D eigenvalue weighted by Crippen LogP contribution is -2.07. The summed E-state index contributed by atoms with van der Waals surface area (Å²) in [6, 6.07) is 23.0. The SMILES string of the molecule is C.C[C@@H](CC(=O)c1ccc(Br)c(C2CCOO2)c1)c1ccc(F)cc1.C[C@@H](CC(=O)c1ccc(Br)c(C=O)c1)c1ccc(F)cc1. The summed E-state index contributed by atoms with van der Waals surface area (Å²) in [5, 5.41) is 0. The Kier molecular flexibility index (Phi) is 14.1. The monoisotopic (exact) mass is 756 g/mol. The van der Waals surface area contributed by atoms with Gasteiger partial charge in [0.2, 0.25) is 0 Å². The summed E-state index contributed by atoms with van der Waals surface area (Å²) in [4.78, 5) is 46.0. The first kappa shape index (κ1) is 37.1. The first-order valence-electron chi connectivity index (χ1n) is 14.5. The van der Waals surface area contributed by atoms with Crippen LogP contribution >= 0.6 is 31.9 Å². The van der Waals surface area contributed by atoms with Gasteiger partial charge in [0.15, 0.2) is 17.9 Å². The van der Waals surface area contributed by atoms with Crippen LogP contribution in [0.4, 0.5) is 8.78 Å². The molecule has 242 valence electrons. The van der Waals surface area contributed by atoms with Crippen LogP contribution in [-0.4, -0.2) is 24.5 Å². The van der Waals surface area contributed by atoms with Crippen molar-refractivity contribution in [2.75, 3.05) is 6.61 Å². The number of carbonyl (C=O) groups is 3. The van der Waals surface area contributed by atoms with Crippen LogP contribution < -0.4 is 0 Å². The molecule has 5 nitrogen and oxygen atoms in total. The molecule has 1 unspecified atom stereocenters. The van der Waals surface area contributed by atoms with Crippen LogP contribution in [-0.2, 0) is 9.78 Å².